The first-order chi connectivity index (χ1) is 13.7. The molecule has 3 heterocycles. The second-order valence-electron chi connectivity index (χ2n) is 6.61. The number of rotatable bonds is 8. The number of hydrogen-bond donors (Lipinski definition) is 5. The summed E-state index contributed by atoms with van der Waals surface area (Å²) in [6.07, 6.45) is 2.36. The normalized spacial score (nSPS) is 26.5. The summed E-state index contributed by atoms with van der Waals surface area (Å²) >= 11 is 0. The zero-order valence-corrected chi connectivity index (χ0v) is 17.9. The Morgan fingerprint density at radius 1 is 1.23 bits per heavy atom. The number of nitrogens with zero attached hydrogens (tertiary/aromatic N) is 4. The monoisotopic (exact) mass is 489 g/mol. The van der Waals surface area contributed by atoms with Crippen LogP contribution in [0.4, 0.5) is 5.82 Å². The number of imidazole rings is 1. The molecule has 0 aliphatic carbocycles. The minimum Gasteiger partial charge on any atom is -0.381 e. The number of fused-ring (bicyclic) bond motifs is 1. The number of phosphoric ester groups is 1. The molecule has 1 fully saturated rings. The van der Waals surface area contributed by atoms with Crippen LogP contribution in [0.5, 0.6) is 0 Å². The van der Waals surface area contributed by atoms with Crippen LogP contribution in [0.3, 0.4) is 0 Å². The van der Waals surface area contributed by atoms with Gasteiger partial charge in [0, 0.05) is 5.41 Å². The van der Waals surface area contributed by atoms with Crippen LogP contribution < -0.4 is 5.73 Å². The van der Waals surface area contributed by atoms with E-state index in [-0.39, 0.29) is 18.8 Å². The lowest BCUT2D eigenvalue weighted by atomic mass is 9.85. The molecule has 6 N–H and O–H groups in total. The first-order valence-electron chi connectivity index (χ1n) is 8.04. The van der Waals surface area contributed by atoms with Crippen molar-refractivity contribution in [2.24, 2.45) is 0 Å². The fourth-order valence-corrected chi connectivity index (χ4v) is 5.98. The van der Waals surface area contributed by atoms with Crippen LogP contribution in [0.2, 0.25) is 0 Å². The Hall–Kier alpha value is -1.28. The zero-order valence-electron chi connectivity index (χ0n) is 15.2. The third-order valence-electron chi connectivity index (χ3n) is 4.10. The molecule has 0 amide bonds. The van der Waals surface area contributed by atoms with Gasteiger partial charge >= 0.3 is 23.5 Å². The van der Waals surface area contributed by atoms with Crippen molar-refractivity contribution in [1.29, 1.82) is 0 Å². The average Bonchev–Trinajstić information content (AvgIpc) is 3.15. The highest BCUT2D eigenvalue weighted by molar-refractivity contribution is 7.66. The Kier molecular flexibility index (Phi) is 6.24. The Morgan fingerprint density at radius 2 is 1.93 bits per heavy atom. The second-order valence-corrected chi connectivity index (χ2v) is 11.0. The van der Waals surface area contributed by atoms with Crippen LogP contribution in [-0.2, 0) is 37.0 Å². The van der Waals surface area contributed by atoms with Gasteiger partial charge in [-0.2, -0.15) is 13.7 Å². The van der Waals surface area contributed by atoms with Crippen LogP contribution in [0.25, 0.3) is 5.65 Å². The lowest BCUT2D eigenvalue weighted by Gasteiger charge is -2.21. The molecule has 2 aromatic rings. The van der Waals surface area contributed by atoms with E-state index in [0.29, 0.717) is 11.3 Å². The van der Waals surface area contributed by atoms with Crippen molar-refractivity contribution in [3.63, 3.8) is 0 Å². The maximum Gasteiger partial charge on any atom is 0.490 e. The molecule has 0 saturated carbocycles. The van der Waals surface area contributed by atoms with Crippen molar-refractivity contribution < 1.29 is 51.2 Å². The summed E-state index contributed by atoms with van der Waals surface area (Å²) in [6.45, 7) is 1.46. The molecule has 3 rings (SSSR count). The fraction of sp³-hybridized carbons (Fsp3) is 0.545. The topological polar surface area (TPSA) is 238 Å². The third-order valence-corrected chi connectivity index (χ3v) is 7.91. The molecule has 19 heteroatoms. The maximum absolute atomic E-state index is 11.8. The number of anilines is 1. The van der Waals surface area contributed by atoms with Gasteiger partial charge in [0.2, 0.25) is 0 Å². The molecule has 4 unspecified atom stereocenters. The van der Waals surface area contributed by atoms with Gasteiger partial charge in [-0.05, 0) is 6.42 Å². The van der Waals surface area contributed by atoms with Gasteiger partial charge < -0.3 is 30.0 Å². The quantitative estimate of drug-likeness (QED) is 0.309. The summed E-state index contributed by atoms with van der Waals surface area (Å²) in [5.74, 6) is 0.183. The Balaban J connectivity index is 1.64. The van der Waals surface area contributed by atoms with E-state index in [2.05, 4.69) is 28.2 Å². The molecule has 0 radical (unpaired) electrons. The van der Waals surface area contributed by atoms with E-state index in [4.69, 9.17) is 25.2 Å². The van der Waals surface area contributed by atoms with Gasteiger partial charge in [0.1, 0.15) is 6.33 Å². The summed E-state index contributed by atoms with van der Waals surface area (Å²) in [7, 11) is -16.3. The molecule has 2 aromatic heterocycles. The molecule has 1 aliphatic heterocycles. The smallest absolute Gasteiger partial charge is 0.381 e. The molecule has 1 saturated heterocycles. The standard InChI is InChI=1S/C11H18N5O11P3/c1-11(8-3-13-10-9(12)14-6-15-16(8)10)2-7(24-5-11)4-25-29(20,21)27-30(22,23)26-28(17,18)19/h3,6-7H,2,4-5H2,1H3,(H,20,21)(H,22,23)(H2,12,14,15)(H2,17,18,19). The summed E-state index contributed by atoms with van der Waals surface area (Å²) in [5.41, 5.74) is 6.13. The van der Waals surface area contributed by atoms with Crippen molar-refractivity contribution in [3.8, 4) is 0 Å². The fourth-order valence-electron chi connectivity index (χ4n) is 2.93. The molecule has 0 bridgehead atoms. The number of nitrogen functional groups attached to an aromatic ring is 1. The number of aromatic nitrogens is 4. The van der Waals surface area contributed by atoms with Gasteiger partial charge in [0.25, 0.3) is 0 Å². The summed E-state index contributed by atoms with van der Waals surface area (Å²) in [4.78, 5) is 43.7. The van der Waals surface area contributed by atoms with Gasteiger partial charge in [-0.15, -0.1) is 0 Å². The van der Waals surface area contributed by atoms with Gasteiger partial charge in [0.05, 0.1) is 31.2 Å². The molecule has 4 atom stereocenters. The predicted octanol–water partition coefficient (Wildman–Crippen LogP) is 0.0964. The van der Waals surface area contributed by atoms with E-state index in [1.54, 1.807) is 6.20 Å². The Bertz CT molecular complexity index is 1090. The number of ether oxygens (including phenoxy) is 1. The van der Waals surface area contributed by atoms with Gasteiger partial charge in [-0.3, -0.25) is 4.52 Å². The van der Waals surface area contributed by atoms with E-state index < -0.39 is 41.6 Å². The van der Waals surface area contributed by atoms with E-state index in [1.165, 1.54) is 10.8 Å². The van der Waals surface area contributed by atoms with Crippen LogP contribution in [0, 0.1) is 0 Å². The first kappa shape index (κ1) is 23.4. The molecular formula is C11H18N5O11P3. The van der Waals surface area contributed by atoms with Crippen LogP contribution in [0.1, 0.15) is 19.0 Å². The molecular weight excluding hydrogens is 471 g/mol. The lowest BCUT2D eigenvalue weighted by molar-refractivity contribution is 0.0520. The highest BCUT2D eigenvalue weighted by Crippen LogP contribution is 2.66. The van der Waals surface area contributed by atoms with Crippen molar-refractivity contribution in [3.05, 3.63) is 18.2 Å². The van der Waals surface area contributed by atoms with Crippen molar-refractivity contribution in [2.45, 2.75) is 24.9 Å². The lowest BCUT2D eigenvalue weighted by Crippen LogP contribution is -2.25. The van der Waals surface area contributed by atoms with Crippen molar-refractivity contribution >= 4 is 34.9 Å². The summed E-state index contributed by atoms with van der Waals surface area (Å²) in [6, 6.07) is 0. The molecule has 0 aromatic carbocycles. The molecule has 0 spiro atoms. The van der Waals surface area contributed by atoms with E-state index in [1.807, 2.05) is 6.92 Å². The number of nitrogens with two attached hydrogens (primary N) is 1. The van der Waals surface area contributed by atoms with Crippen LogP contribution >= 0.6 is 23.5 Å². The van der Waals surface area contributed by atoms with E-state index in [0.717, 1.165) is 0 Å². The van der Waals surface area contributed by atoms with Gasteiger partial charge in [0.15, 0.2) is 11.5 Å². The third kappa shape index (κ3) is 5.49. The average molecular weight is 489 g/mol. The first-order valence-corrected chi connectivity index (χ1v) is 12.6. The van der Waals surface area contributed by atoms with Crippen molar-refractivity contribution in [1.82, 2.24) is 19.6 Å². The van der Waals surface area contributed by atoms with E-state index >= 15 is 0 Å². The number of phosphoric acid groups is 3. The number of hydrogen-bond acceptors (Lipinski definition) is 11. The van der Waals surface area contributed by atoms with Gasteiger partial charge in [-0.25, -0.2) is 28.2 Å². The summed E-state index contributed by atoms with van der Waals surface area (Å²) < 4.78 is 52.8. The zero-order chi connectivity index (χ0) is 22.4. The molecule has 16 nitrogen and oxygen atoms in total. The second kappa shape index (κ2) is 8.01. The summed E-state index contributed by atoms with van der Waals surface area (Å²) in [5, 5.41) is 4.11. The molecule has 30 heavy (non-hydrogen) atoms. The minimum atomic E-state index is -5.57. The minimum absolute atomic E-state index is 0.162. The highest BCUT2D eigenvalue weighted by Gasteiger charge is 2.44. The Labute approximate surface area is 168 Å². The maximum atomic E-state index is 11.8. The van der Waals surface area contributed by atoms with E-state index in [9.17, 15) is 18.6 Å². The largest absolute Gasteiger partial charge is 0.490 e. The Morgan fingerprint density at radius 3 is 2.60 bits per heavy atom. The molecule has 168 valence electrons. The molecule has 1 aliphatic rings. The van der Waals surface area contributed by atoms with Crippen LogP contribution in [-0.4, -0.2) is 58.5 Å². The predicted molar refractivity (Wildman–Crippen MR) is 96.7 cm³/mol. The van der Waals surface area contributed by atoms with Gasteiger partial charge in [-0.1, -0.05) is 6.92 Å². The van der Waals surface area contributed by atoms with Crippen molar-refractivity contribution in [2.75, 3.05) is 18.9 Å². The highest BCUT2D eigenvalue weighted by atomic mass is 31.3. The van der Waals surface area contributed by atoms with Crippen LogP contribution in [0.15, 0.2) is 12.5 Å². The SMILES string of the molecule is CC1(c2cnc3c(N)ncnn23)COC(COP(=O)(O)OP(=O)(O)OP(=O)(O)O)C1.